The van der Waals surface area contributed by atoms with Crippen molar-refractivity contribution in [3.8, 4) is 0 Å². The molecule has 0 bridgehead atoms. The third-order valence-electron chi connectivity index (χ3n) is 5.35. The summed E-state index contributed by atoms with van der Waals surface area (Å²) in [5, 5.41) is 9.73. The van der Waals surface area contributed by atoms with E-state index < -0.39 is 19.3 Å². The maximum absolute atomic E-state index is 13.1. The van der Waals surface area contributed by atoms with Crippen LogP contribution in [-0.2, 0) is 15.5 Å². The molecule has 4 nitrogen and oxygen atoms in total. The van der Waals surface area contributed by atoms with E-state index in [0.717, 1.165) is 16.7 Å². The molecule has 3 aromatic rings. The van der Waals surface area contributed by atoms with Crippen LogP contribution in [0.15, 0.2) is 91.0 Å². The number of aliphatic carboxylic acids is 1. The molecule has 0 saturated carbocycles. The molecule has 0 heterocycles. The number of carboxylic acids is 1. The highest BCUT2D eigenvalue weighted by atomic mass is 31.2. The largest absolute Gasteiger partial charge is 0.481 e. The highest BCUT2D eigenvalue weighted by Crippen LogP contribution is 2.49. The molecule has 0 aromatic heterocycles. The fourth-order valence-electron chi connectivity index (χ4n) is 3.85. The van der Waals surface area contributed by atoms with Crippen molar-refractivity contribution < 1.29 is 19.4 Å². The molecule has 5 heteroatoms. The van der Waals surface area contributed by atoms with Crippen molar-refractivity contribution in [3.05, 3.63) is 108 Å². The first-order chi connectivity index (χ1) is 14.4. The molecule has 0 aliphatic heterocycles. The van der Waals surface area contributed by atoms with Gasteiger partial charge in [-0.1, -0.05) is 91.0 Å². The van der Waals surface area contributed by atoms with E-state index in [2.05, 4.69) is 0 Å². The minimum atomic E-state index is -3.44. The molecule has 0 radical (unpaired) electrons. The number of hydrogen-bond acceptors (Lipinski definition) is 2. The van der Waals surface area contributed by atoms with Crippen molar-refractivity contribution in [2.24, 2.45) is 0 Å². The molecular formula is C25H27O4P. The Morgan fingerprint density at radius 3 is 1.80 bits per heavy atom. The topological polar surface area (TPSA) is 74.6 Å². The number of carboxylic acid groups (broad SMARTS) is 1. The summed E-state index contributed by atoms with van der Waals surface area (Å²) in [6.45, 7) is 0. The summed E-state index contributed by atoms with van der Waals surface area (Å²) < 4.78 is 13.1. The van der Waals surface area contributed by atoms with Gasteiger partial charge < -0.3 is 10.00 Å². The van der Waals surface area contributed by atoms with Crippen LogP contribution >= 0.6 is 7.37 Å². The average molecular weight is 422 g/mol. The van der Waals surface area contributed by atoms with Crippen LogP contribution in [0.2, 0.25) is 0 Å². The van der Waals surface area contributed by atoms with Crippen LogP contribution in [-0.4, -0.2) is 22.1 Å². The van der Waals surface area contributed by atoms with Gasteiger partial charge in [0.2, 0.25) is 7.37 Å². The summed E-state index contributed by atoms with van der Waals surface area (Å²) in [6, 6.07) is 28.1. The lowest BCUT2D eigenvalue weighted by atomic mass is 9.88. The minimum absolute atomic E-state index is 0.123. The standard InChI is InChI=1S/C25H27O4P/c26-25(27)24(22-14-8-3-9-15-22)17-16-23(21-12-6-2-7-13-21)19-30(28,29)18-20-10-4-1-5-11-20/h1-15,23-24H,16-19H2,(H,26,27)(H,28,29). The zero-order valence-corrected chi connectivity index (χ0v) is 17.7. The zero-order valence-electron chi connectivity index (χ0n) is 16.8. The summed E-state index contributed by atoms with van der Waals surface area (Å²) in [4.78, 5) is 22.6. The summed E-state index contributed by atoms with van der Waals surface area (Å²) in [5.74, 6) is -1.69. The normalized spacial score (nSPS) is 15.1. The van der Waals surface area contributed by atoms with Crippen LogP contribution in [0.3, 0.4) is 0 Å². The lowest BCUT2D eigenvalue weighted by Crippen LogP contribution is -2.15. The Hall–Kier alpha value is -2.68. The van der Waals surface area contributed by atoms with E-state index in [4.69, 9.17) is 0 Å². The lowest BCUT2D eigenvalue weighted by Gasteiger charge is -2.23. The molecule has 3 rings (SSSR count). The Bertz CT molecular complexity index is 974. The molecule has 156 valence electrons. The van der Waals surface area contributed by atoms with Crippen molar-refractivity contribution in [2.75, 3.05) is 6.16 Å². The van der Waals surface area contributed by atoms with E-state index in [-0.39, 0.29) is 18.2 Å². The van der Waals surface area contributed by atoms with Crippen molar-refractivity contribution in [3.63, 3.8) is 0 Å². The van der Waals surface area contributed by atoms with E-state index in [1.165, 1.54) is 0 Å². The maximum atomic E-state index is 13.1. The molecule has 30 heavy (non-hydrogen) atoms. The molecular weight excluding hydrogens is 395 g/mol. The van der Waals surface area contributed by atoms with Crippen LogP contribution in [0.1, 0.15) is 41.4 Å². The Kier molecular flexibility index (Phi) is 7.62. The summed E-state index contributed by atoms with van der Waals surface area (Å²) in [7, 11) is -3.44. The maximum Gasteiger partial charge on any atom is 0.310 e. The zero-order chi connectivity index (χ0) is 21.4. The van der Waals surface area contributed by atoms with Gasteiger partial charge in [0, 0.05) is 12.3 Å². The molecule has 0 saturated heterocycles. The quantitative estimate of drug-likeness (QED) is 0.400. The summed E-state index contributed by atoms with van der Waals surface area (Å²) in [5.41, 5.74) is 2.56. The van der Waals surface area contributed by atoms with Gasteiger partial charge in [-0.25, -0.2) is 0 Å². The molecule has 3 aromatic carbocycles. The van der Waals surface area contributed by atoms with Gasteiger partial charge >= 0.3 is 5.97 Å². The monoisotopic (exact) mass is 422 g/mol. The van der Waals surface area contributed by atoms with Gasteiger partial charge in [-0.05, 0) is 35.4 Å². The molecule has 0 aliphatic carbocycles. The fraction of sp³-hybridized carbons (Fsp3) is 0.240. The molecule has 0 fully saturated rings. The second kappa shape index (κ2) is 10.4. The van der Waals surface area contributed by atoms with Crippen molar-refractivity contribution in [1.82, 2.24) is 0 Å². The van der Waals surface area contributed by atoms with E-state index in [0.29, 0.717) is 12.8 Å². The third-order valence-corrected chi connectivity index (χ3v) is 7.22. The number of hydrogen-bond donors (Lipinski definition) is 2. The van der Waals surface area contributed by atoms with E-state index >= 15 is 0 Å². The van der Waals surface area contributed by atoms with Gasteiger partial charge in [0.05, 0.1) is 5.92 Å². The van der Waals surface area contributed by atoms with Crippen molar-refractivity contribution in [1.29, 1.82) is 0 Å². The van der Waals surface area contributed by atoms with Crippen LogP contribution in [0.5, 0.6) is 0 Å². The Labute approximate surface area is 177 Å². The Balaban J connectivity index is 1.77. The van der Waals surface area contributed by atoms with Gasteiger partial charge in [-0.2, -0.15) is 0 Å². The van der Waals surface area contributed by atoms with E-state index in [1.807, 2.05) is 91.0 Å². The van der Waals surface area contributed by atoms with Crippen LogP contribution in [0.25, 0.3) is 0 Å². The SMILES string of the molecule is O=C(O)C(CCC(CP(=O)(O)Cc1ccccc1)c1ccccc1)c1ccccc1. The summed E-state index contributed by atoms with van der Waals surface area (Å²) >= 11 is 0. The molecule has 0 amide bonds. The second-order valence-corrected chi connectivity index (χ2v) is 10.0. The third kappa shape index (κ3) is 6.41. The Morgan fingerprint density at radius 2 is 1.27 bits per heavy atom. The highest BCUT2D eigenvalue weighted by molar-refractivity contribution is 7.57. The van der Waals surface area contributed by atoms with E-state index in [9.17, 15) is 19.4 Å². The van der Waals surface area contributed by atoms with Gasteiger partial charge in [-0.15, -0.1) is 0 Å². The van der Waals surface area contributed by atoms with Crippen molar-refractivity contribution >= 4 is 13.3 Å². The van der Waals surface area contributed by atoms with Gasteiger partial charge in [-0.3, -0.25) is 9.36 Å². The van der Waals surface area contributed by atoms with Crippen molar-refractivity contribution in [2.45, 2.75) is 30.8 Å². The van der Waals surface area contributed by atoms with Gasteiger partial charge in [0.25, 0.3) is 0 Å². The first-order valence-corrected chi connectivity index (χ1v) is 12.1. The van der Waals surface area contributed by atoms with Crippen LogP contribution in [0, 0.1) is 0 Å². The molecule has 3 atom stereocenters. The predicted octanol–water partition coefficient (Wildman–Crippen LogP) is 5.89. The first-order valence-electron chi connectivity index (χ1n) is 10.1. The number of rotatable bonds is 10. The fourth-order valence-corrected chi connectivity index (χ4v) is 5.84. The van der Waals surface area contributed by atoms with Gasteiger partial charge in [0.15, 0.2) is 0 Å². The Morgan fingerprint density at radius 1 is 0.767 bits per heavy atom. The second-order valence-electron chi connectivity index (χ2n) is 7.66. The summed E-state index contributed by atoms with van der Waals surface area (Å²) in [6.07, 6.45) is 1.19. The number of carbonyl (C=O) groups is 1. The minimum Gasteiger partial charge on any atom is -0.481 e. The first kappa shape index (κ1) is 22.0. The highest BCUT2D eigenvalue weighted by Gasteiger charge is 2.28. The molecule has 2 N–H and O–H groups in total. The molecule has 0 aliphatic rings. The van der Waals surface area contributed by atoms with Crippen LogP contribution < -0.4 is 0 Å². The average Bonchev–Trinajstić information content (AvgIpc) is 2.74. The molecule has 3 unspecified atom stereocenters. The number of benzene rings is 3. The van der Waals surface area contributed by atoms with Crippen LogP contribution in [0.4, 0.5) is 0 Å². The lowest BCUT2D eigenvalue weighted by molar-refractivity contribution is -0.139. The smallest absolute Gasteiger partial charge is 0.310 e. The molecule has 0 spiro atoms. The predicted molar refractivity (Wildman–Crippen MR) is 120 cm³/mol. The van der Waals surface area contributed by atoms with E-state index in [1.54, 1.807) is 0 Å². The van der Waals surface area contributed by atoms with Gasteiger partial charge in [0.1, 0.15) is 0 Å².